The zero-order chi connectivity index (χ0) is 15.9. The molecule has 5 heteroatoms. The standard InChI is InChI=1S/C17H17NO4/c1-12-4-2-7-15(8-12)18-16(19)11-22-10-13-5-3-6-14(9-13)17(20)21/h2-9H,10-11H2,1H3,(H,18,19)(H,20,21). The van der Waals surface area contributed by atoms with Crippen molar-refractivity contribution >= 4 is 17.6 Å². The molecule has 0 radical (unpaired) electrons. The molecular formula is C17H17NO4. The van der Waals surface area contributed by atoms with Gasteiger partial charge in [-0.05, 0) is 42.3 Å². The zero-order valence-corrected chi connectivity index (χ0v) is 12.2. The van der Waals surface area contributed by atoms with Crippen molar-refractivity contribution in [3.05, 3.63) is 65.2 Å². The van der Waals surface area contributed by atoms with Gasteiger partial charge in [0, 0.05) is 5.69 Å². The van der Waals surface area contributed by atoms with Gasteiger partial charge in [-0.1, -0.05) is 24.3 Å². The number of ether oxygens (including phenoxy) is 1. The lowest BCUT2D eigenvalue weighted by molar-refractivity contribution is -0.121. The highest BCUT2D eigenvalue weighted by Gasteiger charge is 2.05. The number of carbonyl (C=O) groups is 2. The van der Waals surface area contributed by atoms with E-state index in [1.807, 2.05) is 25.1 Å². The van der Waals surface area contributed by atoms with Crippen molar-refractivity contribution in [3.8, 4) is 0 Å². The molecule has 0 heterocycles. The maximum absolute atomic E-state index is 11.8. The Labute approximate surface area is 128 Å². The van der Waals surface area contributed by atoms with Gasteiger partial charge in [0.05, 0.1) is 12.2 Å². The second-order valence-electron chi connectivity index (χ2n) is 4.92. The molecule has 2 aromatic carbocycles. The van der Waals surface area contributed by atoms with Crippen LogP contribution in [-0.2, 0) is 16.1 Å². The average Bonchev–Trinajstić information content (AvgIpc) is 2.47. The number of anilines is 1. The summed E-state index contributed by atoms with van der Waals surface area (Å²) in [5, 5.41) is 11.6. The first-order valence-electron chi connectivity index (χ1n) is 6.81. The van der Waals surface area contributed by atoms with Crippen LogP contribution < -0.4 is 5.32 Å². The van der Waals surface area contributed by atoms with Gasteiger partial charge in [-0.15, -0.1) is 0 Å². The summed E-state index contributed by atoms with van der Waals surface area (Å²) in [7, 11) is 0. The number of hydrogen-bond donors (Lipinski definition) is 2. The van der Waals surface area contributed by atoms with Gasteiger partial charge in [0.15, 0.2) is 0 Å². The molecule has 0 saturated heterocycles. The molecule has 2 aromatic rings. The summed E-state index contributed by atoms with van der Waals surface area (Å²) in [6.07, 6.45) is 0. The highest BCUT2D eigenvalue weighted by molar-refractivity contribution is 5.91. The Morgan fingerprint density at radius 1 is 1.14 bits per heavy atom. The van der Waals surface area contributed by atoms with E-state index in [2.05, 4.69) is 5.32 Å². The van der Waals surface area contributed by atoms with Gasteiger partial charge in [0.1, 0.15) is 6.61 Å². The van der Waals surface area contributed by atoms with Crippen LogP contribution in [0.2, 0.25) is 0 Å². The van der Waals surface area contributed by atoms with Crippen molar-refractivity contribution in [2.75, 3.05) is 11.9 Å². The number of carboxylic acid groups (broad SMARTS) is 1. The molecule has 1 amide bonds. The van der Waals surface area contributed by atoms with E-state index in [9.17, 15) is 9.59 Å². The average molecular weight is 299 g/mol. The summed E-state index contributed by atoms with van der Waals surface area (Å²) in [6, 6.07) is 13.9. The van der Waals surface area contributed by atoms with Gasteiger partial charge in [0.2, 0.25) is 5.91 Å². The van der Waals surface area contributed by atoms with Crippen LogP contribution in [0.1, 0.15) is 21.5 Å². The Morgan fingerprint density at radius 3 is 2.64 bits per heavy atom. The third-order valence-electron chi connectivity index (χ3n) is 2.98. The quantitative estimate of drug-likeness (QED) is 0.860. The Hall–Kier alpha value is -2.66. The molecule has 0 spiro atoms. The minimum atomic E-state index is -0.987. The molecule has 2 rings (SSSR count). The number of nitrogens with one attached hydrogen (secondary N) is 1. The molecule has 22 heavy (non-hydrogen) atoms. The monoisotopic (exact) mass is 299 g/mol. The van der Waals surface area contributed by atoms with Crippen LogP contribution in [0, 0.1) is 6.92 Å². The summed E-state index contributed by atoms with van der Waals surface area (Å²) in [6.45, 7) is 2.04. The fourth-order valence-corrected chi connectivity index (χ4v) is 1.98. The van der Waals surface area contributed by atoms with Crippen molar-refractivity contribution in [1.29, 1.82) is 0 Å². The fraction of sp³-hybridized carbons (Fsp3) is 0.176. The van der Waals surface area contributed by atoms with E-state index in [4.69, 9.17) is 9.84 Å². The lowest BCUT2D eigenvalue weighted by Gasteiger charge is -2.07. The largest absolute Gasteiger partial charge is 0.478 e. The first-order valence-corrected chi connectivity index (χ1v) is 6.81. The molecule has 0 atom stereocenters. The van der Waals surface area contributed by atoms with Crippen molar-refractivity contribution in [1.82, 2.24) is 0 Å². The van der Waals surface area contributed by atoms with Gasteiger partial charge in [0.25, 0.3) is 0 Å². The van der Waals surface area contributed by atoms with E-state index in [1.165, 1.54) is 12.1 Å². The predicted octanol–water partition coefficient (Wildman–Crippen LogP) is 2.85. The third-order valence-corrected chi connectivity index (χ3v) is 2.98. The van der Waals surface area contributed by atoms with Gasteiger partial charge >= 0.3 is 5.97 Å². The van der Waals surface area contributed by atoms with Crippen molar-refractivity contribution in [2.45, 2.75) is 13.5 Å². The SMILES string of the molecule is Cc1cccc(NC(=O)COCc2cccc(C(=O)O)c2)c1. The van der Waals surface area contributed by atoms with E-state index >= 15 is 0 Å². The Bertz CT molecular complexity index is 682. The van der Waals surface area contributed by atoms with Crippen LogP contribution in [0.25, 0.3) is 0 Å². The van der Waals surface area contributed by atoms with Gasteiger partial charge in [-0.3, -0.25) is 4.79 Å². The third kappa shape index (κ3) is 4.71. The summed E-state index contributed by atoms with van der Waals surface area (Å²) in [5.74, 6) is -1.24. The Kier molecular flexibility index (Phi) is 5.27. The van der Waals surface area contributed by atoms with E-state index in [1.54, 1.807) is 18.2 Å². The molecule has 0 fully saturated rings. The van der Waals surface area contributed by atoms with Crippen LogP contribution in [0.4, 0.5) is 5.69 Å². The second kappa shape index (κ2) is 7.38. The van der Waals surface area contributed by atoms with Crippen molar-refractivity contribution in [2.24, 2.45) is 0 Å². The predicted molar refractivity (Wildman–Crippen MR) is 82.9 cm³/mol. The normalized spacial score (nSPS) is 10.2. The highest BCUT2D eigenvalue weighted by atomic mass is 16.5. The van der Waals surface area contributed by atoms with E-state index in [0.717, 1.165) is 11.3 Å². The topological polar surface area (TPSA) is 75.6 Å². The molecule has 0 aromatic heterocycles. The van der Waals surface area contributed by atoms with Crippen molar-refractivity contribution in [3.63, 3.8) is 0 Å². The fourth-order valence-electron chi connectivity index (χ4n) is 1.98. The number of aromatic carboxylic acids is 1. The number of aryl methyl sites for hydroxylation is 1. The number of amides is 1. The van der Waals surface area contributed by atoms with Crippen LogP contribution in [0.3, 0.4) is 0 Å². The molecule has 0 unspecified atom stereocenters. The minimum Gasteiger partial charge on any atom is -0.478 e. The summed E-state index contributed by atoms with van der Waals surface area (Å²) < 4.78 is 5.31. The van der Waals surface area contributed by atoms with Crippen molar-refractivity contribution < 1.29 is 19.4 Å². The zero-order valence-electron chi connectivity index (χ0n) is 12.2. The number of carboxylic acids is 1. The molecule has 0 aliphatic heterocycles. The highest BCUT2D eigenvalue weighted by Crippen LogP contribution is 2.10. The van der Waals surface area contributed by atoms with Gasteiger partial charge < -0.3 is 15.2 Å². The van der Waals surface area contributed by atoms with E-state index in [-0.39, 0.29) is 24.7 Å². The molecular weight excluding hydrogens is 282 g/mol. The van der Waals surface area contributed by atoms with Crippen LogP contribution >= 0.6 is 0 Å². The number of carbonyl (C=O) groups excluding carboxylic acids is 1. The Morgan fingerprint density at radius 2 is 1.91 bits per heavy atom. The second-order valence-corrected chi connectivity index (χ2v) is 4.92. The van der Waals surface area contributed by atoms with Crippen LogP contribution in [0.15, 0.2) is 48.5 Å². The molecule has 0 aliphatic carbocycles. The first kappa shape index (κ1) is 15.7. The maximum atomic E-state index is 11.8. The smallest absolute Gasteiger partial charge is 0.335 e. The lowest BCUT2D eigenvalue weighted by atomic mass is 10.1. The first-order chi connectivity index (χ1) is 10.5. The van der Waals surface area contributed by atoms with E-state index in [0.29, 0.717) is 5.56 Å². The number of rotatable bonds is 6. The molecule has 5 nitrogen and oxygen atoms in total. The molecule has 0 saturated carbocycles. The summed E-state index contributed by atoms with van der Waals surface area (Å²) >= 11 is 0. The van der Waals surface area contributed by atoms with Crippen LogP contribution in [-0.4, -0.2) is 23.6 Å². The number of hydrogen-bond acceptors (Lipinski definition) is 3. The molecule has 0 bridgehead atoms. The van der Waals surface area contributed by atoms with E-state index < -0.39 is 5.97 Å². The maximum Gasteiger partial charge on any atom is 0.335 e. The molecule has 114 valence electrons. The van der Waals surface area contributed by atoms with Crippen LogP contribution in [0.5, 0.6) is 0 Å². The molecule has 0 aliphatic rings. The summed E-state index contributed by atoms with van der Waals surface area (Å²) in [5.41, 5.74) is 2.69. The summed E-state index contributed by atoms with van der Waals surface area (Å²) in [4.78, 5) is 22.6. The number of benzene rings is 2. The minimum absolute atomic E-state index is 0.0920. The van der Waals surface area contributed by atoms with Gasteiger partial charge in [-0.25, -0.2) is 4.79 Å². The Balaban J connectivity index is 1.82. The van der Waals surface area contributed by atoms with Gasteiger partial charge in [-0.2, -0.15) is 0 Å². The molecule has 2 N–H and O–H groups in total. The lowest BCUT2D eigenvalue weighted by Crippen LogP contribution is -2.18.